The van der Waals surface area contributed by atoms with Gasteiger partial charge in [-0.25, -0.2) is 0 Å². The first-order chi connectivity index (χ1) is 8.25. The lowest BCUT2D eigenvalue weighted by Crippen LogP contribution is -2.29. The zero-order valence-electron chi connectivity index (χ0n) is 9.43. The lowest BCUT2D eigenvalue weighted by atomic mass is 10.2. The van der Waals surface area contributed by atoms with Gasteiger partial charge in [-0.1, -0.05) is 12.1 Å². The van der Waals surface area contributed by atoms with E-state index >= 15 is 0 Å². The van der Waals surface area contributed by atoms with Crippen LogP contribution in [0, 0.1) is 0 Å². The Morgan fingerprint density at radius 2 is 2.29 bits per heavy atom. The Morgan fingerprint density at radius 1 is 1.47 bits per heavy atom. The summed E-state index contributed by atoms with van der Waals surface area (Å²) in [5, 5.41) is 1.37. The van der Waals surface area contributed by atoms with Crippen molar-refractivity contribution in [3.05, 3.63) is 24.3 Å². The maximum absolute atomic E-state index is 6.30. The van der Waals surface area contributed by atoms with Crippen LogP contribution in [0.15, 0.2) is 24.3 Å². The third kappa shape index (κ3) is 1.70. The highest BCUT2D eigenvalue weighted by Gasteiger charge is 2.51. The van der Waals surface area contributed by atoms with Crippen molar-refractivity contribution in [2.75, 3.05) is 20.3 Å². The largest absolute Gasteiger partial charge is 0.493 e. The van der Waals surface area contributed by atoms with E-state index in [0.29, 0.717) is 6.04 Å². The Labute approximate surface area is 104 Å². The highest BCUT2D eigenvalue weighted by Crippen LogP contribution is 2.65. The maximum Gasteiger partial charge on any atom is 0.184 e. The molecule has 2 fully saturated rings. The Kier molecular flexibility index (Phi) is 2.90. The topological polar surface area (TPSA) is 21.7 Å². The van der Waals surface area contributed by atoms with Crippen LogP contribution in [0.3, 0.4) is 0 Å². The second kappa shape index (κ2) is 4.27. The maximum atomic E-state index is 6.30. The summed E-state index contributed by atoms with van der Waals surface area (Å²) in [6, 6.07) is 9.16. The first-order valence-corrected chi connectivity index (χ1v) is 6.94. The van der Waals surface area contributed by atoms with Crippen LogP contribution in [0.1, 0.15) is 12.8 Å². The molecule has 1 aromatic carbocycles. The summed E-state index contributed by atoms with van der Waals surface area (Å²) in [4.78, 5) is 0. The summed E-state index contributed by atoms with van der Waals surface area (Å²) in [6.45, 7) is 2.19. The second-order valence-corrected chi connectivity index (χ2v) is 6.00. The minimum Gasteiger partial charge on any atom is -0.493 e. The van der Waals surface area contributed by atoms with E-state index in [1.54, 1.807) is 7.11 Å². The number of nitrogens with zero attached hydrogens (tertiary/aromatic N) is 1. The van der Waals surface area contributed by atoms with Gasteiger partial charge in [-0.05, 0) is 25.0 Å². The molecule has 2 heterocycles. The van der Waals surface area contributed by atoms with Crippen LogP contribution in [0.2, 0.25) is 0 Å². The van der Waals surface area contributed by atoms with Gasteiger partial charge in [0.05, 0.1) is 20.7 Å². The summed E-state index contributed by atoms with van der Waals surface area (Å²) >= 11 is 0. The van der Waals surface area contributed by atoms with Crippen molar-refractivity contribution in [2.24, 2.45) is 0 Å². The number of hydrogen-bond acceptors (Lipinski definition) is 3. The molecule has 92 valence electrons. The zero-order valence-corrected chi connectivity index (χ0v) is 10.3. The number of methoxy groups -OCH3 is 1. The fraction of sp³-hybridized carbons (Fsp3) is 0.500. The van der Waals surface area contributed by atoms with Crippen LogP contribution in [0.25, 0.3) is 0 Å². The highest BCUT2D eigenvalue weighted by atomic mass is 31.2. The summed E-state index contributed by atoms with van der Waals surface area (Å²) in [5.74, 6) is 1.03. The molecule has 2 aliphatic heterocycles. The van der Waals surface area contributed by atoms with E-state index in [2.05, 4.69) is 22.9 Å². The third-order valence-corrected chi connectivity index (χ3v) is 5.43. The molecular weight excluding hydrogens is 232 g/mol. The molecule has 2 saturated heterocycles. The van der Waals surface area contributed by atoms with Gasteiger partial charge in [0.25, 0.3) is 0 Å². The molecule has 0 saturated carbocycles. The number of fused-ring (bicyclic) bond motifs is 1. The molecule has 0 radical (unpaired) electrons. The molecule has 0 amide bonds. The molecule has 0 spiro atoms. The number of para-hydroxylation sites is 1. The standard InChI is InChI=1S/C12H19BNO2P/c1-15-11-6-2-3-7-12(11)17(13)14-8-4-5-10(14)9-16-17/h2-3,6-7,10H,4-5,8-9H2,1,13H3/t10-,17?/m0/s1. The Morgan fingerprint density at radius 3 is 3.12 bits per heavy atom. The van der Waals surface area contributed by atoms with E-state index in [1.807, 2.05) is 6.07 Å². The van der Waals surface area contributed by atoms with Crippen molar-refractivity contribution < 1.29 is 9.26 Å². The normalized spacial score (nSPS) is 32.7. The molecule has 2 aliphatic rings. The molecule has 1 unspecified atom stereocenters. The van der Waals surface area contributed by atoms with Gasteiger partial charge in [-0.15, -0.1) is 0 Å². The van der Waals surface area contributed by atoms with Crippen LogP contribution < -0.4 is 10.0 Å². The molecule has 0 bridgehead atoms. The average Bonchev–Trinajstić information content (AvgIpc) is 2.94. The van der Waals surface area contributed by atoms with E-state index in [-0.39, 0.29) is 7.57 Å². The summed E-state index contributed by atoms with van der Waals surface area (Å²) in [5.41, 5.74) is 0. The number of rotatable bonds is 2. The zero-order chi connectivity index (χ0) is 11.9. The molecule has 0 N–H and O–H groups in total. The minimum atomic E-state index is -1.37. The number of hydrogen-bond donors (Lipinski definition) is 0. The number of ether oxygens (including phenoxy) is 1. The van der Waals surface area contributed by atoms with Crippen molar-refractivity contribution in [1.82, 2.24) is 4.67 Å². The predicted molar refractivity (Wildman–Crippen MR) is 75.2 cm³/mol. The highest BCUT2D eigenvalue weighted by molar-refractivity contribution is 7.98. The van der Waals surface area contributed by atoms with E-state index in [1.165, 1.54) is 24.7 Å². The predicted octanol–water partition coefficient (Wildman–Crippen LogP) is 0.943. The smallest absolute Gasteiger partial charge is 0.184 e. The van der Waals surface area contributed by atoms with Crippen LogP contribution in [0.5, 0.6) is 5.75 Å². The van der Waals surface area contributed by atoms with Gasteiger partial charge in [0.15, 0.2) is 13.3 Å². The van der Waals surface area contributed by atoms with Gasteiger partial charge in [0.1, 0.15) is 11.9 Å². The van der Waals surface area contributed by atoms with Gasteiger partial charge in [-0.2, -0.15) is 4.67 Å². The van der Waals surface area contributed by atoms with E-state index < -0.39 is 7.52 Å². The fourth-order valence-electron chi connectivity index (χ4n) is 2.46. The monoisotopic (exact) mass is 251 g/mol. The summed E-state index contributed by atoms with van der Waals surface area (Å²) < 4.78 is 14.5. The second-order valence-electron chi connectivity index (χ2n) is 4.20. The van der Waals surface area contributed by atoms with Crippen LogP contribution in [-0.4, -0.2) is 38.5 Å². The third-order valence-electron chi connectivity index (χ3n) is 3.26. The van der Waals surface area contributed by atoms with E-state index in [4.69, 9.17) is 9.26 Å². The van der Waals surface area contributed by atoms with Crippen molar-refractivity contribution >= 4 is 20.4 Å². The summed E-state index contributed by atoms with van der Waals surface area (Å²) in [6.07, 6.45) is 2.67. The van der Waals surface area contributed by atoms with E-state index in [9.17, 15) is 0 Å². The minimum absolute atomic E-state index is 0.123. The Balaban J connectivity index is 2.02. The molecule has 5 heteroatoms. The number of benzene rings is 1. The molecule has 0 aromatic heterocycles. The molecule has 3 rings (SSSR count). The molecule has 17 heavy (non-hydrogen) atoms. The quantitative estimate of drug-likeness (QED) is 0.577. The molecule has 0 aliphatic carbocycles. The fourth-order valence-corrected chi connectivity index (χ4v) is 4.70. The molecular formula is C12H19BNO2P. The van der Waals surface area contributed by atoms with Gasteiger partial charge in [0, 0.05) is 6.54 Å². The van der Waals surface area contributed by atoms with Gasteiger partial charge in [-0.3, -0.25) is 4.52 Å². The van der Waals surface area contributed by atoms with Gasteiger partial charge >= 0.3 is 0 Å². The first-order valence-electron chi connectivity index (χ1n) is 5.73. The average molecular weight is 251 g/mol. The molecule has 2 atom stereocenters. The Bertz CT molecular complexity index is 431. The SMILES string of the molecule is [BH3-][P+]1(c2ccccc2OC)OC[C@@H]2CCCN21. The van der Waals surface area contributed by atoms with Crippen LogP contribution in [-0.2, 0) is 4.52 Å². The lowest BCUT2D eigenvalue weighted by Gasteiger charge is -2.31. The summed E-state index contributed by atoms with van der Waals surface area (Å²) in [7, 11) is 0.517. The van der Waals surface area contributed by atoms with Gasteiger partial charge in [0.2, 0.25) is 0 Å². The Hall–Kier alpha value is -0.565. The van der Waals surface area contributed by atoms with Crippen molar-refractivity contribution in [3.8, 4) is 5.75 Å². The van der Waals surface area contributed by atoms with Crippen molar-refractivity contribution in [3.63, 3.8) is 0 Å². The molecule has 3 nitrogen and oxygen atoms in total. The van der Waals surface area contributed by atoms with Crippen LogP contribution >= 0.6 is 7.52 Å². The van der Waals surface area contributed by atoms with Crippen molar-refractivity contribution in [1.29, 1.82) is 0 Å². The van der Waals surface area contributed by atoms with Crippen molar-refractivity contribution in [2.45, 2.75) is 18.9 Å². The first kappa shape index (κ1) is 11.5. The lowest BCUT2D eigenvalue weighted by molar-refractivity contribution is 0.341. The van der Waals surface area contributed by atoms with E-state index in [0.717, 1.165) is 12.4 Å². The van der Waals surface area contributed by atoms with Gasteiger partial charge < -0.3 is 4.74 Å². The van der Waals surface area contributed by atoms with Crippen LogP contribution in [0.4, 0.5) is 0 Å². The molecule has 1 aromatic rings.